The Balaban J connectivity index is 1.84. The first-order valence-corrected chi connectivity index (χ1v) is 11.1. The highest BCUT2D eigenvalue weighted by Crippen LogP contribution is 2.30. The normalized spacial score (nSPS) is 12.3. The minimum absolute atomic E-state index is 0.0171. The molecule has 0 radical (unpaired) electrons. The molecule has 3 rings (SSSR count). The molecule has 0 saturated carbocycles. The van der Waals surface area contributed by atoms with Crippen LogP contribution < -0.4 is 15.7 Å². The second-order valence-corrected chi connectivity index (χ2v) is 8.46. The number of rotatable bonds is 9. The van der Waals surface area contributed by atoms with Gasteiger partial charge in [-0.25, -0.2) is 4.79 Å². The van der Waals surface area contributed by atoms with Crippen molar-refractivity contribution >= 4 is 33.3 Å². The average Bonchev–Trinajstić information content (AvgIpc) is 3.15. The van der Waals surface area contributed by atoms with E-state index in [1.54, 1.807) is 18.2 Å². The zero-order valence-electron chi connectivity index (χ0n) is 17.7. The third-order valence-electron chi connectivity index (χ3n) is 4.74. The maximum absolute atomic E-state index is 12.9. The van der Waals surface area contributed by atoms with Crippen LogP contribution in [-0.4, -0.2) is 22.2 Å². The Morgan fingerprint density at radius 3 is 2.73 bits per heavy atom. The highest BCUT2D eigenvalue weighted by atomic mass is 32.1. The van der Waals surface area contributed by atoms with Gasteiger partial charge in [0.2, 0.25) is 5.13 Å². The second-order valence-electron chi connectivity index (χ2n) is 7.45. The summed E-state index contributed by atoms with van der Waals surface area (Å²) < 4.78 is 10.9. The van der Waals surface area contributed by atoms with Crippen LogP contribution in [0, 0.1) is 0 Å². The highest BCUT2D eigenvalue weighted by molar-refractivity contribution is 7.15. The summed E-state index contributed by atoms with van der Waals surface area (Å²) in [5.41, 5.74) is -0.0700. The Hall–Kier alpha value is -2.74. The first-order valence-electron chi connectivity index (χ1n) is 10.3. The number of ether oxygens (including phenoxy) is 1. The maximum Gasteiger partial charge on any atom is 0.337 e. The minimum Gasteiger partial charge on any atom is -0.491 e. The average molecular weight is 430 g/mol. The van der Waals surface area contributed by atoms with E-state index in [1.165, 1.54) is 17.4 Å². The summed E-state index contributed by atoms with van der Waals surface area (Å²) in [7, 11) is 0. The number of fused-ring (bicyclic) bond motifs is 1. The number of hydrogen-bond donors (Lipinski definition) is 1. The van der Waals surface area contributed by atoms with Gasteiger partial charge in [0.05, 0.1) is 11.7 Å². The van der Waals surface area contributed by atoms with Crippen molar-refractivity contribution in [3.05, 3.63) is 45.3 Å². The largest absolute Gasteiger partial charge is 0.491 e. The summed E-state index contributed by atoms with van der Waals surface area (Å²) in [6.45, 7) is 8.11. The standard InChI is InChI=1S/C22H27N3O4S/c1-5-7-8-14(6-2)21-24-25-22(30-21)23-20(27)17-12-19(26)29-18-11-15(28-13(3)4)9-10-16(17)18/h9-14H,5-8H2,1-4H3,(H,23,25,27). The van der Waals surface area contributed by atoms with Crippen LogP contribution in [0.25, 0.3) is 11.0 Å². The number of carbonyl (C=O) groups excluding carboxylic acids is 1. The van der Waals surface area contributed by atoms with Crippen molar-refractivity contribution in [3.63, 3.8) is 0 Å². The summed E-state index contributed by atoms with van der Waals surface area (Å²) in [5, 5.41) is 13.0. The molecule has 1 atom stereocenters. The molecule has 1 unspecified atom stereocenters. The van der Waals surface area contributed by atoms with Crippen molar-refractivity contribution in [1.29, 1.82) is 0 Å². The van der Waals surface area contributed by atoms with E-state index in [1.807, 2.05) is 13.8 Å². The number of carbonyl (C=O) groups is 1. The van der Waals surface area contributed by atoms with E-state index in [-0.39, 0.29) is 11.7 Å². The van der Waals surface area contributed by atoms with Gasteiger partial charge < -0.3 is 9.15 Å². The van der Waals surface area contributed by atoms with Crippen molar-refractivity contribution < 1.29 is 13.9 Å². The van der Waals surface area contributed by atoms with E-state index in [0.29, 0.717) is 27.8 Å². The molecule has 3 aromatic rings. The summed E-state index contributed by atoms with van der Waals surface area (Å²) in [6, 6.07) is 6.28. The molecule has 1 amide bonds. The molecule has 8 heteroatoms. The molecule has 0 saturated heterocycles. The van der Waals surface area contributed by atoms with E-state index in [4.69, 9.17) is 9.15 Å². The zero-order valence-corrected chi connectivity index (χ0v) is 18.5. The summed E-state index contributed by atoms with van der Waals surface area (Å²) in [6.07, 6.45) is 4.28. The molecule has 160 valence electrons. The third-order valence-corrected chi connectivity index (χ3v) is 5.74. The van der Waals surface area contributed by atoms with E-state index in [9.17, 15) is 9.59 Å². The fourth-order valence-corrected chi connectivity index (χ4v) is 4.20. The predicted molar refractivity (Wildman–Crippen MR) is 119 cm³/mol. The number of anilines is 1. The molecule has 0 bridgehead atoms. The van der Waals surface area contributed by atoms with Crippen LogP contribution in [0.2, 0.25) is 0 Å². The summed E-state index contributed by atoms with van der Waals surface area (Å²) >= 11 is 1.38. The van der Waals surface area contributed by atoms with Crippen molar-refractivity contribution in [3.8, 4) is 5.75 Å². The number of nitrogens with zero attached hydrogens (tertiary/aromatic N) is 2. The monoisotopic (exact) mass is 429 g/mol. The van der Waals surface area contributed by atoms with Gasteiger partial charge in [-0.3, -0.25) is 10.1 Å². The molecule has 0 aliphatic rings. The maximum atomic E-state index is 12.9. The van der Waals surface area contributed by atoms with Crippen LogP contribution in [0.4, 0.5) is 5.13 Å². The number of aromatic nitrogens is 2. The number of amides is 1. The van der Waals surface area contributed by atoms with Gasteiger partial charge in [-0.2, -0.15) is 0 Å². The number of benzene rings is 1. The van der Waals surface area contributed by atoms with Gasteiger partial charge in [0.15, 0.2) is 0 Å². The number of hydrogen-bond acceptors (Lipinski definition) is 7. The first-order chi connectivity index (χ1) is 14.4. The molecule has 1 aromatic carbocycles. The fourth-order valence-electron chi connectivity index (χ4n) is 3.24. The molecule has 0 spiro atoms. The van der Waals surface area contributed by atoms with Crippen LogP contribution in [-0.2, 0) is 0 Å². The van der Waals surface area contributed by atoms with E-state index in [2.05, 4.69) is 29.4 Å². The first kappa shape index (κ1) is 22.0. The molecule has 2 aromatic heterocycles. The molecule has 1 N–H and O–H groups in total. The topological polar surface area (TPSA) is 94.3 Å². The Morgan fingerprint density at radius 2 is 2.03 bits per heavy atom. The smallest absolute Gasteiger partial charge is 0.337 e. The fraction of sp³-hybridized carbons (Fsp3) is 0.455. The van der Waals surface area contributed by atoms with Gasteiger partial charge in [-0.05, 0) is 38.8 Å². The second kappa shape index (κ2) is 9.84. The van der Waals surface area contributed by atoms with E-state index >= 15 is 0 Å². The molecule has 2 heterocycles. The van der Waals surface area contributed by atoms with Gasteiger partial charge in [0.25, 0.3) is 5.91 Å². The lowest BCUT2D eigenvalue weighted by molar-refractivity contribution is 0.102. The van der Waals surface area contributed by atoms with Gasteiger partial charge in [0.1, 0.15) is 16.3 Å². The Bertz CT molecular complexity index is 1070. The van der Waals surface area contributed by atoms with Crippen LogP contribution in [0.3, 0.4) is 0 Å². The van der Waals surface area contributed by atoms with Crippen molar-refractivity contribution in [1.82, 2.24) is 10.2 Å². The molecular formula is C22H27N3O4S. The lowest BCUT2D eigenvalue weighted by Gasteiger charge is -2.11. The SMILES string of the molecule is CCCCC(CC)c1nnc(NC(=O)c2cc(=O)oc3cc(OC(C)C)ccc23)s1. The number of unbranched alkanes of at least 4 members (excludes halogenated alkanes) is 1. The Kier molecular flexibility index (Phi) is 7.20. The van der Waals surface area contributed by atoms with Gasteiger partial charge in [-0.15, -0.1) is 10.2 Å². The van der Waals surface area contributed by atoms with Crippen molar-refractivity contribution in [2.24, 2.45) is 0 Å². The Morgan fingerprint density at radius 1 is 1.23 bits per heavy atom. The third kappa shape index (κ3) is 5.24. The minimum atomic E-state index is -0.599. The highest BCUT2D eigenvalue weighted by Gasteiger charge is 2.19. The van der Waals surface area contributed by atoms with Crippen molar-refractivity contribution in [2.45, 2.75) is 65.4 Å². The number of nitrogens with one attached hydrogen (secondary N) is 1. The van der Waals surface area contributed by atoms with Gasteiger partial charge in [-0.1, -0.05) is 38.0 Å². The van der Waals surface area contributed by atoms with E-state index in [0.717, 1.165) is 30.7 Å². The summed E-state index contributed by atoms with van der Waals surface area (Å²) in [4.78, 5) is 24.9. The van der Waals surface area contributed by atoms with Crippen molar-refractivity contribution in [2.75, 3.05) is 5.32 Å². The van der Waals surface area contributed by atoms with Crippen LogP contribution in [0.1, 0.15) is 74.7 Å². The van der Waals surface area contributed by atoms with Gasteiger partial charge >= 0.3 is 5.63 Å². The molecular weight excluding hydrogens is 402 g/mol. The quantitative estimate of drug-likeness (QED) is 0.460. The molecule has 7 nitrogen and oxygen atoms in total. The lowest BCUT2D eigenvalue weighted by Crippen LogP contribution is -2.15. The van der Waals surface area contributed by atoms with Crippen LogP contribution in [0.5, 0.6) is 5.75 Å². The molecule has 30 heavy (non-hydrogen) atoms. The predicted octanol–water partition coefficient (Wildman–Crippen LogP) is 5.37. The summed E-state index contributed by atoms with van der Waals surface area (Å²) in [5.74, 6) is 0.497. The van der Waals surface area contributed by atoms with Crippen LogP contribution >= 0.6 is 11.3 Å². The van der Waals surface area contributed by atoms with E-state index < -0.39 is 11.5 Å². The molecule has 0 aliphatic carbocycles. The lowest BCUT2D eigenvalue weighted by atomic mass is 10.0. The van der Waals surface area contributed by atoms with Gasteiger partial charge in [0, 0.05) is 23.4 Å². The zero-order chi connectivity index (χ0) is 21.7. The molecule has 0 aliphatic heterocycles. The Labute approximate surface area is 179 Å². The molecule has 0 fully saturated rings. The van der Waals surface area contributed by atoms with Crippen LogP contribution in [0.15, 0.2) is 33.5 Å².